The molecule has 0 fully saturated rings. The van der Waals surface area contributed by atoms with Crippen LogP contribution in [0.2, 0.25) is 0 Å². The molecular weight excluding hydrogens is 202 g/mol. The maximum atomic E-state index is 5.36. The minimum Gasteiger partial charge on any atom is -0.454 e. The molecule has 1 N–H and O–H groups in total. The lowest BCUT2D eigenvalue weighted by Crippen LogP contribution is -2.19. The lowest BCUT2D eigenvalue weighted by molar-refractivity contribution is 0.174. The number of hydrogen-bond acceptors (Lipinski definition) is 3. The SMILES string of the molecule is Cc1cc2c(cc1NCC(C)(C)C)OCO2. The van der Waals surface area contributed by atoms with Gasteiger partial charge in [-0.2, -0.15) is 0 Å². The lowest BCUT2D eigenvalue weighted by Gasteiger charge is -2.20. The van der Waals surface area contributed by atoms with E-state index in [0.29, 0.717) is 6.79 Å². The van der Waals surface area contributed by atoms with Crippen molar-refractivity contribution < 1.29 is 9.47 Å². The Balaban J connectivity index is 2.16. The quantitative estimate of drug-likeness (QED) is 0.832. The third-order valence-electron chi connectivity index (χ3n) is 2.53. The third kappa shape index (κ3) is 2.40. The predicted octanol–water partition coefficient (Wildman–Crippen LogP) is 3.18. The summed E-state index contributed by atoms with van der Waals surface area (Å²) < 4.78 is 10.7. The highest BCUT2D eigenvalue weighted by Gasteiger charge is 2.16. The summed E-state index contributed by atoms with van der Waals surface area (Å²) in [5.74, 6) is 1.68. The second-order valence-electron chi connectivity index (χ2n) is 5.43. The molecule has 3 heteroatoms. The van der Waals surface area contributed by atoms with Gasteiger partial charge in [-0.1, -0.05) is 20.8 Å². The molecule has 0 aliphatic carbocycles. The van der Waals surface area contributed by atoms with E-state index in [4.69, 9.17) is 9.47 Å². The zero-order valence-electron chi connectivity index (χ0n) is 10.4. The first-order valence-electron chi connectivity index (χ1n) is 5.60. The number of benzene rings is 1. The number of rotatable bonds is 2. The van der Waals surface area contributed by atoms with Crippen LogP contribution in [0.15, 0.2) is 12.1 Å². The smallest absolute Gasteiger partial charge is 0.231 e. The first-order valence-corrected chi connectivity index (χ1v) is 5.60. The fourth-order valence-corrected chi connectivity index (χ4v) is 1.59. The summed E-state index contributed by atoms with van der Waals surface area (Å²) >= 11 is 0. The molecule has 88 valence electrons. The van der Waals surface area contributed by atoms with Crippen molar-refractivity contribution in [1.82, 2.24) is 0 Å². The molecule has 1 heterocycles. The van der Waals surface area contributed by atoms with Gasteiger partial charge in [0.1, 0.15) is 0 Å². The molecular formula is C13H19NO2. The number of fused-ring (bicyclic) bond motifs is 1. The van der Waals surface area contributed by atoms with Crippen LogP contribution in [0.5, 0.6) is 11.5 Å². The molecule has 0 spiro atoms. The Morgan fingerprint density at radius 2 is 1.81 bits per heavy atom. The second kappa shape index (κ2) is 3.89. The van der Waals surface area contributed by atoms with Crippen molar-refractivity contribution in [2.45, 2.75) is 27.7 Å². The van der Waals surface area contributed by atoms with Gasteiger partial charge in [0.2, 0.25) is 6.79 Å². The lowest BCUT2D eigenvalue weighted by atomic mass is 9.96. The van der Waals surface area contributed by atoms with Crippen LogP contribution in [0.4, 0.5) is 5.69 Å². The predicted molar refractivity (Wildman–Crippen MR) is 65.2 cm³/mol. The number of aryl methyl sites for hydroxylation is 1. The van der Waals surface area contributed by atoms with E-state index in [1.54, 1.807) is 0 Å². The van der Waals surface area contributed by atoms with Gasteiger partial charge in [0, 0.05) is 18.3 Å². The zero-order chi connectivity index (χ0) is 11.8. The molecule has 0 bridgehead atoms. The molecule has 0 amide bonds. The number of ether oxygens (including phenoxy) is 2. The van der Waals surface area contributed by atoms with Crippen molar-refractivity contribution in [3.05, 3.63) is 17.7 Å². The summed E-state index contributed by atoms with van der Waals surface area (Å²) in [6.07, 6.45) is 0. The van der Waals surface area contributed by atoms with Crippen LogP contribution in [0.25, 0.3) is 0 Å². The summed E-state index contributed by atoms with van der Waals surface area (Å²) in [5.41, 5.74) is 2.58. The largest absolute Gasteiger partial charge is 0.454 e. The minimum atomic E-state index is 0.267. The Morgan fingerprint density at radius 1 is 1.19 bits per heavy atom. The van der Waals surface area contributed by atoms with E-state index in [-0.39, 0.29) is 5.41 Å². The molecule has 1 aliphatic heterocycles. The maximum Gasteiger partial charge on any atom is 0.231 e. The van der Waals surface area contributed by atoms with Crippen LogP contribution in [-0.2, 0) is 0 Å². The molecule has 0 saturated carbocycles. The van der Waals surface area contributed by atoms with Crippen molar-refractivity contribution in [3.8, 4) is 11.5 Å². The monoisotopic (exact) mass is 221 g/mol. The maximum absolute atomic E-state index is 5.36. The Labute approximate surface area is 96.8 Å². The first kappa shape index (κ1) is 11.1. The van der Waals surface area contributed by atoms with Crippen LogP contribution < -0.4 is 14.8 Å². The van der Waals surface area contributed by atoms with Crippen molar-refractivity contribution in [2.75, 3.05) is 18.7 Å². The van der Waals surface area contributed by atoms with E-state index in [9.17, 15) is 0 Å². The fourth-order valence-electron chi connectivity index (χ4n) is 1.59. The van der Waals surface area contributed by atoms with Gasteiger partial charge in [-0.15, -0.1) is 0 Å². The van der Waals surface area contributed by atoms with E-state index >= 15 is 0 Å². The Bertz CT molecular complexity index is 394. The van der Waals surface area contributed by atoms with Crippen molar-refractivity contribution in [2.24, 2.45) is 5.41 Å². The Kier molecular flexibility index (Phi) is 2.70. The molecule has 1 aromatic rings. The van der Waals surface area contributed by atoms with Crippen LogP contribution in [0.3, 0.4) is 0 Å². The van der Waals surface area contributed by atoms with Crippen LogP contribution in [-0.4, -0.2) is 13.3 Å². The normalized spacial score (nSPS) is 14.0. The van der Waals surface area contributed by atoms with Gasteiger partial charge in [-0.05, 0) is 24.0 Å². The molecule has 0 unspecified atom stereocenters. The molecule has 1 aliphatic rings. The van der Waals surface area contributed by atoms with E-state index in [0.717, 1.165) is 23.7 Å². The molecule has 0 aromatic heterocycles. The standard InChI is InChI=1S/C13H19NO2/c1-9-5-11-12(16-8-15-11)6-10(9)14-7-13(2,3)4/h5-6,14H,7-8H2,1-4H3. The molecule has 1 aromatic carbocycles. The average Bonchev–Trinajstić information content (AvgIpc) is 2.59. The Hall–Kier alpha value is -1.38. The van der Waals surface area contributed by atoms with Gasteiger partial charge in [-0.3, -0.25) is 0 Å². The van der Waals surface area contributed by atoms with Crippen molar-refractivity contribution in [1.29, 1.82) is 0 Å². The van der Waals surface area contributed by atoms with Gasteiger partial charge in [-0.25, -0.2) is 0 Å². The van der Waals surface area contributed by atoms with Gasteiger partial charge < -0.3 is 14.8 Å². The average molecular weight is 221 g/mol. The van der Waals surface area contributed by atoms with Crippen LogP contribution in [0.1, 0.15) is 26.3 Å². The first-order chi connectivity index (χ1) is 7.46. The van der Waals surface area contributed by atoms with E-state index in [2.05, 4.69) is 33.0 Å². The number of hydrogen-bond donors (Lipinski definition) is 1. The van der Waals surface area contributed by atoms with Gasteiger partial charge in [0.25, 0.3) is 0 Å². The highest BCUT2D eigenvalue weighted by molar-refractivity contribution is 5.60. The molecule has 2 rings (SSSR count). The van der Waals surface area contributed by atoms with Gasteiger partial charge >= 0.3 is 0 Å². The molecule has 0 saturated heterocycles. The van der Waals surface area contributed by atoms with Crippen LogP contribution >= 0.6 is 0 Å². The molecule has 16 heavy (non-hydrogen) atoms. The van der Waals surface area contributed by atoms with Crippen molar-refractivity contribution in [3.63, 3.8) is 0 Å². The van der Waals surface area contributed by atoms with E-state index in [1.165, 1.54) is 5.56 Å². The molecule has 0 atom stereocenters. The highest BCUT2D eigenvalue weighted by Crippen LogP contribution is 2.36. The van der Waals surface area contributed by atoms with Gasteiger partial charge in [0.05, 0.1) is 0 Å². The van der Waals surface area contributed by atoms with E-state index in [1.807, 2.05) is 12.1 Å². The van der Waals surface area contributed by atoms with Crippen LogP contribution in [0, 0.1) is 12.3 Å². The Morgan fingerprint density at radius 3 is 2.44 bits per heavy atom. The summed E-state index contributed by atoms with van der Waals surface area (Å²) in [7, 11) is 0. The minimum absolute atomic E-state index is 0.267. The van der Waals surface area contributed by atoms with Gasteiger partial charge in [0.15, 0.2) is 11.5 Å². The molecule has 0 radical (unpaired) electrons. The van der Waals surface area contributed by atoms with Crippen molar-refractivity contribution >= 4 is 5.69 Å². The molecule has 3 nitrogen and oxygen atoms in total. The summed E-state index contributed by atoms with van der Waals surface area (Å²) in [5, 5.41) is 3.45. The summed E-state index contributed by atoms with van der Waals surface area (Å²) in [6, 6.07) is 4.04. The third-order valence-corrected chi connectivity index (χ3v) is 2.53. The van der Waals surface area contributed by atoms with E-state index < -0.39 is 0 Å². The number of anilines is 1. The number of nitrogens with one attached hydrogen (secondary N) is 1. The fraction of sp³-hybridized carbons (Fsp3) is 0.538. The topological polar surface area (TPSA) is 30.5 Å². The second-order valence-corrected chi connectivity index (χ2v) is 5.43. The summed E-state index contributed by atoms with van der Waals surface area (Å²) in [4.78, 5) is 0. The highest BCUT2D eigenvalue weighted by atomic mass is 16.7. The summed E-state index contributed by atoms with van der Waals surface area (Å²) in [6.45, 7) is 9.98. The zero-order valence-corrected chi connectivity index (χ0v) is 10.4.